The maximum atomic E-state index is 12.9. The first-order valence-electron chi connectivity index (χ1n) is 21.1. The number of aliphatic carboxylic acids is 7. The van der Waals surface area contributed by atoms with Crippen molar-refractivity contribution in [2.24, 2.45) is 60.3 Å². The molecule has 5 aliphatic heterocycles. The van der Waals surface area contributed by atoms with Crippen LogP contribution in [0.25, 0.3) is 0 Å². The van der Waals surface area contributed by atoms with Crippen LogP contribution in [0.4, 0.5) is 0 Å². The van der Waals surface area contributed by atoms with E-state index in [0.717, 1.165) is 0 Å². The average molecular weight is 874 g/mol. The Kier molecular flexibility index (Phi) is 13.1. The van der Waals surface area contributed by atoms with E-state index in [0.29, 0.717) is 22.7 Å². The highest BCUT2D eigenvalue weighted by atomic mass is 16.4. The molecule has 9 atom stereocenters. The second-order valence-corrected chi connectivity index (χ2v) is 19.3. The third kappa shape index (κ3) is 8.56. The standard InChI is InChI=1S/C45H60N4O14/c1-21-36-24(10-13-30(52)53)41(3,4)28(47-36)18-27-23(9-12-29(50)51)43(6,19-34(60)61)39(46-27)22(2)37-25(11-14-31(54)55)44(7,20-35(62)63)45(8,49-37)40-26(17-33(58)59)42(5,38(21)48-40)16-15-32(56)57/h18,23-26,40,46H,9-17,19-20H2,1-8H3,(H,50,51)(H,52,53)(H,54,55)(H,56,57)(H,58,59)(H,60,61)(H,62,63)/p-7/b27-18?,36-21?,39-22-/t23-,24-,25-,26+,40?,42-,43+,44+,45-/m1/s1. The van der Waals surface area contributed by atoms with Gasteiger partial charge in [-0.05, 0) is 115 Å². The van der Waals surface area contributed by atoms with Crippen LogP contribution in [-0.2, 0) is 33.6 Å². The van der Waals surface area contributed by atoms with Gasteiger partial charge in [0.2, 0.25) is 0 Å². The van der Waals surface area contributed by atoms with Crippen LogP contribution in [0.15, 0.2) is 49.3 Å². The number of carboxylic acids is 7. The summed E-state index contributed by atoms with van der Waals surface area (Å²) < 4.78 is 0. The number of carboxylic acid groups (broad SMARTS) is 7. The van der Waals surface area contributed by atoms with Crippen LogP contribution in [0.1, 0.15) is 126 Å². The van der Waals surface area contributed by atoms with E-state index in [2.05, 4.69) is 5.32 Å². The molecule has 5 heterocycles. The Bertz CT molecular complexity index is 2220. The summed E-state index contributed by atoms with van der Waals surface area (Å²) in [5, 5.41) is 90.1. The van der Waals surface area contributed by atoms with E-state index in [4.69, 9.17) is 15.0 Å². The highest BCUT2D eigenvalue weighted by molar-refractivity contribution is 6.10. The molecule has 18 heteroatoms. The van der Waals surface area contributed by atoms with Crippen LogP contribution in [0, 0.1) is 45.3 Å². The fourth-order valence-electron chi connectivity index (χ4n) is 11.7. The molecule has 1 fully saturated rings. The van der Waals surface area contributed by atoms with E-state index < -0.39 is 144 Å². The zero-order valence-electron chi connectivity index (χ0n) is 36.8. The smallest absolute Gasteiger partial charge is 0.0872 e. The molecule has 0 spiro atoms. The van der Waals surface area contributed by atoms with Crippen LogP contribution in [0.3, 0.4) is 0 Å². The van der Waals surface area contributed by atoms with Crippen molar-refractivity contribution in [1.82, 2.24) is 5.32 Å². The number of aliphatic imine (C=N–C) groups is 3. The predicted molar refractivity (Wildman–Crippen MR) is 209 cm³/mol. The lowest BCUT2D eigenvalue weighted by Gasteiger charge is -2.49. The fourth-order valence-corrected chi connectivity index (χ4v) is 11.7. The molecule has 0 aromatic heterocycles. The molecule has 8 bridgehead atoms. The number of carbonyl (C=O) groups excluding carboxylic acids is 7. The number of rotatable bonds is 18. The van der Waals surface area contributed by atoms with Crippen LogP contribution in [0.2, 0.25) is 0 Å². The van der Waals surface area contributed by atoms with Crippen molar-refractivity contribution in [1.29, 1.82) is 0 Å². The Morgan fingerprint density at radius 1 is 0.635 bits per heavy atom. The molecule has 0 amide bonds. The first kappa shape index (κ1) is 48.4. The van der Waals surface area contributed by atoms with Gasteiger partial charge in [0.05, 0.1) is 11.6 Å². The predicted octanol–water partition coefficient (Wildman–Crippen LogP) is -3.42. The van der Waals surface area contributed by atoms with Gasteiger partial charge in [0.15, 0.2) is 0 Å². The third-order valence-corrected chi connectivity index (χ3v) is 15.2. The Morgan fingerprint density at radius 2 is 1.16 bits per heavy atom. The van der Waals surface area contributed by atoms with E-state index >= 15 is 0 Å². The number of hydrogen-bond acceptors (Lipinski definition) is 18. The molecule has 1 unspecified atom stereocenters. The van der Waals surface area contributed by atoms with Crippen molar-refractivity contribution >= 4 is 58.9 Å². The topological polar surface area (TPSA) is 330 Å². The highest BCUT2D eigenvalue weighted by Crippen LogP contribution is 2.62. The van der Waals surface area contributed by atoms with Gasteiger partial charge in [0.25, 0.3) is 0 Å². The Morgan fingerprint density at radius 3 is 1.67 bits per heavy atom. The van der Waals surface area contributed by atoms with Crippen LogP contribution < -0.4 is 41.1 Å². The lowest BCUT2D eigenvalue weighted by atomic mass is 9.55. The number of fused-ring (bicyclic) bond motifs is 6. The average Bonchev–Trinajstić information content (AvgIpc) is 3.75. The summed E-state index contributed by atoms with van der Waals surface area (Å²) >= 11 is 0. The molecular formula is C45H53N4O14-7. The first-order chi connectivity index (χ1) is 29.0. The number of hydrogen-bond donors (Lipinski definition) is 1. The van der Waals surface area contributed by atoms with Gasteiger partial charge in [-0.25, -0.2) is 0 Å². The monoisotopic (exact) mass is 873 g/mol. The quantitative estimate of drug-likeness (QED) is 0.140. The molecular weight excluding hydrogens is 821 g/mol. The van der Waals surface area contributed by atoms with Crippen molar-refractivity contribution < 1.29 is 69.3 Å². The van der Waals surface area contributed by atoms with Gasteiger partial charge in [-0.2, -0.15) is 0 Å². The van der Waals surface area contributed by atoms with Gasteiger partial charge in [0.1, 0.15) is 0 Å². The maximum Gasteiger partial charge on any atom is 0.0872 e. The lowest BCUT2D eigenvalue weighted by Crippen LogP contribution is -2.56. The van der Waals surface area contributed by atoms with Crippen molar-refractivity contribution in [3.05, 3.63) is 34.3 Å². The summed E-state index contributed by atoms with van der Waals surface area (Å²) in [6.07, 6.45) is -3.22. The highest BCUT2D eigenvalue weighted by Gasteiger charge is 2.65. The number of nitrogens with zero attached hydrogens (tertiary/aromatic N) is 3. The van der Waals surface area contributed by atoms with E-state index in [-0.39, 0.29) is 48.4 Å². The van der Waals surface area contributed by atoms with Crippen LogP contribution in [-0.4, -0.2) is 70.5 Å². The van der Waals surface area contributed by atoms with Gasteiger partial charge >= 0.3 is 0 Å². The van der Waals surface area contributed by atoms with E-state index in [1.54, 1.807) is 47.6 Å². The molecule has 1 N–H and O–H groups in total. The summed E-state index contributed by atoms with van der Waals surface area (Å²) in [5.41, 5.74) is -5.08. The molecule has 344 valence electrons. The second kappa shape index (κ2) is 17.1. The Balaban J connectivity index is 2.03. The van der Waals surface area contributed by atoms with Crippen LogP contribution >= 0.6 is 0 Å². The van der Waals surface area contributed by atoms with Gasteiger partial charge in [-0.15, -0.1) is 0 Å². The zero-order valence-corrected chi connectivity index (χ0v) is 36.8. The van der Waals surface area contributed by atoms with Crippen molar-refractivity contribution in [2.75, 3.05) is 0 Å². The van der Waals surface area contributed by atoms with Crippen molar-refractivity contribution in [2.45, 2.75) is 138 Å². The molecule has 0 aliphatic carbocycles. The van der Waals surface area contributed by atoms with E-state index in [1.807, 2.05) is 13.8 Å². The molecule has 5 rings (SSSR count). The molecule has 1 saturated heterocycles. The van der Waals surface area contributed by atoms with E-state index in [9.17, 15) is 69.3 Å². The Hall–Kier alpha value is -5.68. The minimum atomic E-state index is -1.76. The second-order valence-electron chi connectivity index (χ2n) is 19.3. The molecule has 0 aromatic rings. The number of allylic oxidation sites excluding steroid dienone is 6. The zero-order chi connectivity index (χ0) is 47.4. The summed E-state index contributed by atoms with van der Waals surface area (Å²) in [6, 6.07) is -1.28. The minimum Gasteiger partial charge on any atom is -0.550 e. The molecule has 0 aromatic carbocycles. The SMILES string of the molecule is CC1=C2N=C(C=C3N/C(=C(/C)C4=N[C@](C)(C5N=C1[C@](C)(CCC(=O)[O-])[C@H]5CC(=O)[O-])[C@@](C)(CC(=O)[O-])[C@@H]4CCC(=O)[O-])[C@@](C)(CC(=O)[O-])[C@@H]3CCC(=O)[O-])C(C)(C)[C@@H]2CCC(=O)[O-]. The van der Waals surface area contributed by atoms with Crippen LogP contribution in [0.5, 0.6) is 0 Å². The third-order valence-electron chi connectivity index (χ3n) is 15.2. The lowest BCUT2D eigenvalue weighted by molar-refractivity contribution is -0.311. The number of nitrogens with one attached hydrogen (secondary N) is 1. The Labute approximate surface area is 365 Å². The molecule has 0 radical (unpaired) electrons. The van der Waals surface area contributed by atoms with Crippen molar-refractivity contribution in [3.63, 3.8) is 0 Å². The largest absolute Gasteiger partial charge is 0.550 e. The minimum absolute atomic E-state index is 0.0174. The fraction of sp³-hybridized carbons (Fsp3) is 0.644. The molecule has 5 aliphatic rings. The molecule has 18 nitrogen and oxygen atoms in total. The van der Waals surface area contributed by atoms with Gasteiger partial charge in [0, 0.05) is 115 Å². The number of carbonyl (C=O) groups is 7. The normalized spacial score (nSPS) is 34.2. The van der Waals surface area contributed by atoms with Gasteiger partial charge in [-0.1, -0.05) is 34.6 Å². The van der Waals surface area contributed by atoms with Gasteiger partial charge < -0.3 is 74.6 Å². The first-order valence-corrected chi connectivity index (χ1v) is 21.1. The molecule has 63 heavy (non-hydrogen) atoms. The summed E-state index contributed by atoms with van der Waals surface area (Å²) in [7, 11) is 0. The summed E-state index contributed by atoms with van der Waals surface area (Å²) in [6.45, 7) is 13.2. The van der Waals surface area contributed by atoms with Gasteiger partial charge in [-0.3, -0.25) is 15.0 Å². The van der Waals surface area contributed by atoms with E-state index in [1.165, 1.54) is 0 Å². The van der Waals surface area contributed by atoms with Crippen molar-refractivity contribution in [3.8, 4) is 0 Å². The molecule has 0 saturated carbocycles. The summed E-state index contributed by atoms with van der Waals surface area (Å²) in [5.74, 6) is -14.1. The summed E-state index contributed by atoms with van der Waals surface area (Å²) in [4.78, 5) is 102. The maximum absolute atomic E-state index is 12.9.